The van der Waals surface area contributed by atoms with Gasteiger partial charge in [-0.3, -0.25) is 9.98 Å². The molecule has 0 radical (unpaired) electrons. The Hall–Kier alpha value is -2.43. The third-order valence-electron chi connectivity index (χ3n) is 3.66. The summed E-state index contributed by atoms with van der Waals surface area (Å²) in [6.07, 6.45) is 2.44. The Labute approximate surface area is 201 Å². The summed E-state index contributed by atoms with van der Waals surface area (Å²) in [4.78, 5) is 14.6. The lowest BCUT2D eigenvalue weighted by molar-refractivity contribution is -0.137. The molecule has 3 N–H and O–H groups in total. The van der Waals surface area contributed by atoms with Crippen LogP contribution in [0.3, 0.4) is 0 Å². The average molecular weight is 498 g/mol. The van der Waals surface area contributed by atoms with Crippen LogP contribution in [-0.4, -0.2) is 29.8 Å². The normalized spacial score (nSPS) is 10.4. The van der Waals surface area contributed by atoms with Crippen molar-refractivity contribution in [2.75, 3.05) is 18.4 Å². The number of aromatic nitrogens is 2. The number of thiazole rings is 1. The number of nitrogens with one attached hydrogen (secondary N) is 1. The second-order valence-electron chi connectivity index (χ2n) is 6.71. The molecule has 3 aromatic rings. The van der Waals surface area contributed by atoms with E-state index in [1.807, 2.05) is 18.5 Å². The fourth-order valence-electron chi connectivity index (χ4n) is 2.14. The van der Waals surface area contributed by atoms with E-state index in [1.54, 1.807) is 36.2 Å². The molecule has 0 amide bonds. The molecule has 0 aliphatic rings. The van der Waals surface area contributed by atoms with Crippen LogP contribution in [0.1, 0.15) is 36.3 Å². The van der Waals surface area contributed by atoms with Crippen molar-refractivity contribution in [1.82, 2.24) is 9.97 Å². The first-order valence-corrected chi connectivity index (χ1v) is 12.1. The molecule has 0 spiro atoms. The Morgan fingerprint density at radius 1 is 1.15 bits per heavy atom. The van der Waals surface area contributed by atoms with Gasteiger partial charge >= 0.3 is 6.18 Å². The van der Waals surface area contributed by atoms with Crippen LogP contribution in [0.25, 0.3) is 0 Å². The zero-order valence-corrected chi connectivity index (χ0v) is 20.7. The number of rotatable bonds is 7. The van der Waals surface area contributed by atoms with E-state index < -0.39 is 11.7 Å². The van der Waals surface area contributed by atoms with Gasteiger partial charge in [-0.2, -0.15) is 13.2 Å². The van der Waals surface area contributed by atoms with Gasteiger partial charge in [0.1, 0.15) is 0 Å². The number of nitrogens with zero attached hydrogens (tertiary/aromatic N) is 3. The van der Waals surface area contributed by atoms with E-state index in [0.717, 1.165) is 45.7 Å². The first kappa shape index (κ1) is 28.6. The Kier molecular flexibility index (Phi) is 13.4. The molecule has 0 aliphatic heterocycles. The molecule has 1 aromatic carbocycles. The monoisotopic (exact) mass is 497 g/mol. The summed E-state index contributed by atoms with van der Waals surface area (Å²) in [6.45, 7) is 10.9. The molecule has 2 aromatic heterocycles. The van der Waals surface area contributed by atoms with E-state index in [2.05, 4.69) is 40.8 Å². The van der Waals surface area contributed by atoms with E-state index in [1.165, 1.54) is 23.4 Å². The number of hydrogen-bond acceptors (Lipinski definition) is 7. The molecular weight excluding hydrogens is 467 g/mol. The molecule has 10 heteroatoms. The molecule has 5 nitrogen and oxygen atoms in total. The Bertz CT molecular complexity index is 944. The minimum Gasteiger partial charge on any atom is -0.360 e. The molecule has 0 aliphatic carbocycles. The second-order valence-corrected chi connectivity index (χ2v) is 8.84. The fourth-order valence-corrected chi connectivity index (χ4v) is 3.97. The van der Waals surface area contributed by atoms with Crippen molar-refractivity contribution in [3.8, 4) is 0 Å². The maximum Gasteiger partial charge on any atom is 0.416 e. The van der Waals surface area contributed by atoms with Gasteiger partial charge in [-0.1, -0.05) is 38.0 Å². The quantitative estimate of drug-likeness (QED) is 0.272. The summed E-state index contributed by atoms with van der Waals surface area (Å²) in [5, 5.41) is 4.08. The van der Waals surface area contributed by atoms with Crippen LogP contribution < -0.4 is 11.1 Å². The summed E-state index contributed by atoms with van der Waals surface area (Å²) < 4.78 is 35.8. The molecule has 33 heavy (non-hydrogen) atoms. The van der Waals surface area contributed by atoms with Crippen molar-refractivity contribution in [3.63, 3.8) is 0 Å². The lowest BCUT2D eigenvalue weighted by Gasteiger charge is -2.05. The molecule has 0 unspecified atom stereocenters. The van der Waals surface area contributed by atoms with Gasteiger partial charge in [0.25, 0.3) is 0 Å². The van der Waals surface area contributed by atoms with Gasteiger partial charge in [0.15, 0.2) is 5.13 Å². The maximum atomic E-state index is 11.9. The predicted octanol–water partition coefficient (Wildman–Crippen LogP) is 6.96. The van der Waals surface area contributed by atoms with Crippen molar-refractivity contribution >= 4 is 40.6 Å². The van der Waals surface area contributed by atoms with Crippen LogP contribution in [-0.2, 0) is 11.9 Å². The lowest BCUT2D eigenvalue weighted by atomic mass is 10.1. The molecule has 0 saturated heterocycles. The van der Waals surface area contributed by atoms with E-state index in [9.17, 15) is 13.2 Å². The SMILES string of the molecule is C=Nc1ccncc1SCc1cnc(NCCN)s1.CCC.Cc1ccc(C(F)(F)F)cc1. The van der Waals surface area contributed by atoms with Crippen molar-refractivity contribution in [1.29, 1.82) is 0 Å². The van der Waals surface area contributed by atoms with Gasteiger partial charge in [0, 0.05) is 42.3 Å². The second kappa shape index (κ2) is 15.4. The van der Waals surface area contributed by atoms with Crippen LogP contribution >= 0.6 is 23.1 Å². The van der Waals surface area contributed by atoms with Crippen LogP contribution in [0.4, 0.5) is 24.0 Å². The number of aryl methyl sites for hydroxylation is 1. The summed E-state index contributed by atoms with van der Waals surface area (Å²) in [5.74, 6) is 0.843. The van der Waals surface area contributed by atoms with Crippen molar-refractivity contribution < 1.29 is 13.2 Å². The van der Waals surface area contributed by atoms with Gasteiger partial charge in [0.05, 0.1) is 16.1 Å². The summed E-state index contributed by atoms with van der Waals surface area (Å²) in [7, 11) is 0. The smallest absolute Gasteiger partial charge is 0.360 e. The largest absolute Gasteiger partial charge is 0.416 e. The summed E-state index contributed by atoms with van der Waals surface area (Å²) in [6, 6.07) is 6.91. The topological polar surface area (TPSA) is 76.2 Å². The highest BCUT2D eigenvalue weighted by atomic mass is 32.2. The van der Waals surface area contributed by atoms with Gasteiger partial charge in [-0.05, 0) is 31.8 Å². The zero-order chi connectivity index (χ0) is 24.7. The maximum absolute atomic E-state index is 11.9. The van der Waals surface area contributed by atoms with Crippen molar-refractivity contribution in [2.45, 2.75) is 44.0 Å². The highest BCUT2D eigenvalue weighted by Crippen LogP contribution is 2.32. The minimum absolute atomic E-state index is 0.594. The van der Waals surface area contributed by atoms with E-state index in [0.29, 0.717) is 6.54 Å². The highest BCUT2D eigenvalue weighted by molar-refractivity contribution is 7.98. The first-order chi connectivity index (χ1) is 15.7. The Morgan fingerprint density at radius 2 is 1.82 bits per heavy atom. The van der Waals surface area contributed by atoms with Gasteiger partial charge in [0.2, 0.25) is 0 Å². The standard InChI is InChI=1S/C12H15N5S2.C8H7F3.C3H8/c1-14-10-2-4-15-7-11(10)18-8-9-6-17-12(19-9)16-5-3-13;1-6-2-4-7(5-3-6)8(9,10)11;1-3-2/h2,4,6-7H,1,3,5,8,13H2,(H,16,17);2-5H,1H3;3H2,1-2H3. The van der Waals surface area contributed by atoms with Crippen LogP contribution in [0, 0.1) is 6.92 Å². The highest BCUT2D eigenvalue weighted by Gasteiger charge is 2.29. The molecule has 0 fully saturated rings. The van der Waals surface area contributed by atoms with Gasteiger partial charge < -0.3 is 11.1 Å². The number of halogens is 3. The van der Waals surface area contributed by atoms with Gasteiger partial charge in [-0.25, -0.2) is 4.98 Å². The number of aliphatic imine (C=N–C) groups is 1. The third-order valence-corrected chi connectivity index (χ3v) is 5.87. The van der Waals surface area contributed by atoms with E-state index >= 15 is 0 Å². The number of hydrogen-bond donors (Lipinski definition) is 2. The van der Waals surface area contributed by atoms with Crippen LogP contribution in [0.2, 0.25) is 0 Å². The number of thioether (sulfide) groups is 1. The Balaban J connectivity index is 0.000000329. The molecular formula is C23H30F3N5S2. The first-order valence-electron chi connectivity index (χ1n) is 10.3. The zero-order valence-electron chi connectivity index (χ0n) is 19.0. The van der Waals surface area contributed by atoms with Crippen LogP contribution in [0.5, 0.6) is 0 Å². The fraction of sp³-hybridized carbons (Fsp3) is 0.348. The molecule has 0 bridgehead atoms. The predicted molar refractivity (Wildman–Crippen MR) is 135 cm³/mol. The molecule has 0 saturated carbocycles. The lowest BCUT2D eigenvalue weighted by Crippen LogP contribution is -2.12. The van der Waals surface area contributed by atoms with Crippen LogP contribution in [0.15, 0.2) is 58.8 Å². The minimum atomic E-state index is -4.21. The average Bonchev–Trinajstić information content (AvgIpc) is 3.25. The van der Waals surface area contributed by atoms with E-state index in [4.69, 9.17) is 5.73 Å². The Morgan fingerprint density at radius 3 is 2.39 bits per heavy atom. The molecule has 2 heterocycles. The number of alkyl halides is 3. The number of benzene rings is 1. The summed E-state index contributed by atoms with van der Waals surface area (Å²) in [5.41, 5.74) is 6.54. The van der Waals surface area contributed by atoms with Crippen molar-refractivity contribution in [2.24, 2.45) is 10.7 Å². The number of pyridine rings is 1. The van der Waals surface area contributed by atoms with Crippen molar-refractivity contribution in [3.05, 3.63) is 64.9 Å². The number of anilines is 1. The molecule has 0 atom stereocenters. The third kappa shape index (κ3) is 11.3. The number of nitrogens with two attached hydrogens (primary N) is 1. The van der Waals surface area contributed by atoms with Gasteiger partial charge in [-0.15, -0.1) is 23.1 Å². The molecule has 3 rings (SSSR count). The summed E-state index contributed by atoms with van der Waals surface area (Å²) >= 11 is 3.32. The molecule has 180 valence electrons. The van der Waals surface area contributed by atoms with E-state index in [-0.39, 0.29) is 0 Å².